The first kappa shape index (κ1) is 13.4. The summed E-state index contributed by atoms with van der Waals surface area (Å²) in [5.74, 6) is -0.114. The molecular formula is C12H15NO3S. The highest BCUT2D eigenvalue weighted by molar-refractivity contribution is 7.90. The fraction of sp³-hybridized carbons (Fsp3) is 0.250. The largest absolute Gasteiger partial charge is 0.326 e. The molecule has 0 saturated carbocycles. The molecule has 0 aliphatic heterocycles. The van der Waals surface area contributed by atoms with Gasteiger partial charge < -0.3 is 5.32 Å². The Kier molecular flexibility index (Phi) is 4.45. The van der Waals surface area contributed by atoms with Gasteiger partial charge in [-0.25, -0.2) is 8.42 Å². The fourth-order valence-electron chi connectivity index (χ4n) is 1.24. The molecule has 1 aromatic rings. The van der Waals surface area contributed by atoms with Crippen LogP contribution in [0.15, 0.2) is 41.8 Å². The van der Waals surface area contributed by atoms with Gasteiger partial charge in [-0.15, -0.1) is 6.58 Å². The molecule has 17 heavy (non-hydrogen) atoms. The molecule has 0 saturated heterocycles. The molecule has 1 rings (SSSR count). The average Bonchev–Trinajstić information content (AvgIpc) is 2.26. The Hall–Kier alpha value is -1.62. The van der Waals surface area contributed by atoms with Crippen molar-refractivity contribution in [2.24, 2.45) is 0 Å². The van der Waals surface area contributed by atoms with Crippen LogP contribution >= 0.6 is 0 Å². The van der Waals surface area contributed by atoms with E-state index in [1.165, 1.54) is 12.1 Å². The molecule has 4 nitrogen and oxygen atoms in total. The van der Waals surface area contributed by atoms with Crippen LogP contribution < -0.4 is 5.32 Å². The third kappa shape index (κ3) is 4.40. The average molecular weight is 253 g/mol. The van der Waals surface area contributed by atoms with Crippen molar-refractivity contribution in [2.75, 3.05) is 11.6 Å². The van der Waals surface area contributed by atoms with Crippen LogP contribution in [0.1, 0.15) is 12.8 Å². The quantitative estimate of drug-likeness (QED) is 0.816. The SMILES string of the molecule is C=CCCC(=O)Nc1ccc(S(C)(=O)=O)cc1. The number of carbonyl (C=O) groups is 1. The normalized spacial score (nSPS) is 10.9. The number of carbonyl (C=O) groups excluding carboxylic acids is 1. The first-order valence-electron chi connectivity index (χ1n) is 5.14. The van der Waals surface area contributed by atoms with Gasteiger partial charge in [0, 0.05) is 18.4 Å². The number of sulfone groups is 1. The summed E-state index contributed by atoms with van der Waals surface area (Å²) in [7, 11) is -3.19. The van der Waals surface area contributed by atoms with Crippen molar-refractivity contribution in [1.82, 2.24) is 0 Å². The fourth-order valence-corrected chi connectivity index (χ4v) is 1.87. The van der Waals surface area contributed by atoms with E-state index in [1.54, 1.807) is 18.2 Å². The zero-order valence-corrected chi connectivity index (χ0v) is 10.5. The third-order valence-electron chi connectivity index (χ3n) is 2.14. The van der Waals surface area contributed by atoms with E-state index in [-0.39, 0.29) is 10.8 Å². The first-order chi connectivity index (χ1) is 7.93. The van der Waals surface area contributed by atoms with Gasteiger partial charge in [-0.1, -0.05) is 6.08 Å². The molecule has 0 aliphatic rings. The molecule has 1 amide bonds. The van der Waals surface area contributed by atoms with Crippen LogP contribution in [0.3, 0.4) is 0 Å². The topological polar surface area (TPSA) is 63.2 Å². The zero-order valence-electron chi connectivity index (χ0n) is 9.64. The molecule has 0 unspecified atom stereocenters. The summed E-state index contributed by atoms with van der Waals surface area (Å²) in [4.78, 5) is 11.6. The minimum atomic E-state index is -3.19. The number of anilines is 1. The Labute approximate surface area is 101 Å². The molecule has 0 radical (unpaired) electrons. The summed E-state index contributed by atoms with van der Waals surface area (Å²) < 4.78 is 22.4. The number of nitrogens with one attached hydrogen (secondary N) is 1. The smallest absolute Gasteiger partial charge is 0.224 e. The lowest BCUT2D eigenvalue weighted by atomic mass is 10.2. The number of allylic oxidation sites excluding steroid dienone is 1. The van der Waals surface area contributed by atoms with E-state index in [4.69, 9.17) is 0 Å². The number of hydrogen-bond acceptors (Lipinski definition) is 3. The molecule has 0 spiro atoms. The van der Waals surface area contributed by atoms with Gasteiger partial charge >= 0.3 is 0 Å². The molecule has 0 aromatic heterocycles. The Morgan fingerprint density at radius 3 is 2.41 bits per heavy atom. The maximum absolute atomic E-state index is 11.4. The van der Waals surface area contributed by atoms with E-state index >= 15 is 0 Å². The lowest BCUT2D eigenvalue weighted by Gasteiger charge is -2.05. The molecular weight excluding hydrogens is 238 g/mol. The monoisotopic (exact) mass is 253 g/mol. The third-order valence-corrected chi connectivity index (χ3v) is 3.27. The van der Waals surface area contributed by atoms with Crippen molar-refractivity contribution in [3.8, 4) is 0 Å². The van der Waals surface area contributed by atoms with E-state index < -0.39 is 9.84 Å². The first-order valence-corrected chi connectivity index (χ1v) is 7.03. The molecule has 0 heterocycles. The van der Waals surface area contributed by atoms with Crippen LogP contribution in [0, 0.1) is 0 Å². The lowest BCUT2D eigenvalue weighted by Crippen LogP contribution is -2.10. The van der Waals surface area contributed by atoms with E-state index in [2.05, 4.69) is 11.9 Å². The van der Waals surface area contributed by atoms with Crippen LogP contribution in [-0.4, -0.2) is 20.6 Å². The second kappa shape index (κ2) is 5.63. The number of hydrogen-bond donors (Lipinski definition) is 1. The van der Waals surface area contributed by atoms with Crippen molar-refractivity contribution < 1.29 is 13.2 Å². The van der Waals surface area contributed by atoms with Gasteiger partial charge in [0.25, 0.3) is 0 Å². The summed E-state index contributed by atoms with van der Waals surface area (Å²) in [6, 6.07) is 6.08. The molecule has 5 heteroatoms. The van der Waals surface area contributed by atoms with Gasteiger partial charge in [-0.05, 0) is 30.7 Å². The van der Waals surface area contributed by atoms with E-state index in [0.717, 1.165) is 6.26 Å². The Morgan fingerprint density at radius 2 is 1.94 bits per heavy atom. The summed E-state index contributed by atoms with van der Waals surface area (Å²) in [5.41, 5.74) is 0.589. The highest BCUT2D eigenvalue weighted by Crippen LogP contribution is 2.14. The van der Waals surface area contributed by atoms with Crippen molar-refractivity contribution >= 4 is 21.4 Å². The van der Waals surface area contributed by atoms with E-state index in [9.17, 15) is 13.2 Å². The van der Waals surface area contributed by atoms with Crippen molar-refractivity contribution in [3.05, 3.63) is 36.9 Å². The standard InChI is InChI=1S/C12H15NO3S/c1-3-4-5-12(14)13-10-6-8-11(9-7-10)17(2,15)16/h3,6-9H,1,4-5H2,2H3,(H,13,14). The van der Waals surface area contributed by atoms with Crippen LogP contribution in [0.4, 0.5) is 5.69 Å². The molecule has 0 aliphatic carbocycles. The van der Waals surface area contributed by atoms with Crippen LogP contribution in [0.5, 0.6) is 0 Å². The van der Waals surface area contributed by atoms with Gasteiger partial charge in [-0.2, -0.15) is 0 Å². The molecule has 1 N–H and O–H groups in total. The minimum absolute atomic E-state index is 0.114. The molecule has 92 valence electrons. The number of amides is 1. The minimum Gasteiger partial charge on any atom is -0.326 e. The maximum Gasteiger partial charge on any atom is 0.224 e. The van der Waals surface area contributed by atoms with Crippen LogP contribution in [-0.2, 0) is 14.6 Å². The molecule has 0 fully saturated rings. The van der Waals surface area contributed by atoms with Crippen molar-refractivity contribution in [3.63, 3.8) is 0 Å². The summed E-state index contributed by atoms with van der Waals surface area (Å²) in [6.07, 6.45) is 3.81. The van der Waals surface area contributed by atoms with E-state index in [1.807, 2.05) is 0 Å². The lowest BCUT2D eigenvalue weighted by molar-refractivity contribution is -0.116. The van der Waals surface area contributed by atoms with Gasteiger partial charge in [0.05, 0.1) is 4.90 Å². The number of benzene rings is 1. The van der Waals surface area contributed by atoms with Crippen LogP contribution in [0.2, 0.25) is 0 Å². The van der Waals surface area contributed by atoms with Crippen molar-refractivity contribution in [1.29, 1.82) is 0 Å². The number of rotatable bonds is 5. The second-order valence-electron chi connectivity index (χ2n) is 3.67. The highest BCUT2D eigenvalue weighted by Gasteiger charge is 2.07. The van der Waals surface area contributed by atoms with Gasteiger partial charge in [0.1, 0.15) is 0 Å². The van der Waals surface area contributed by atoms with E-state index in [0.29, 0.717) is 18.5 Å². The molecule has 0 atom stereocenters. The zero-order chi connectivity index (χ0) is 12.9. The Balaban J connectivity index is 2.69. The predicted molar refractivity (Wildman–Crippen MR) is 67.6 cm³/mol. The molecule has 0 bridgehead atoms. The van der Waals surface area contributed by atoms with Crippen molar-refractivity contribution in [2.45, 2.75) is 17.7 Å². The predicted octanol–water partition coefficient (Wildman–Crippen LogP) is 1.99. The highest BCUT2D eigenvalue weighted by atomic mass is 32.2. The van der Waals surface area contributed by atoms with Gasteiger partial charge in [0.2, 0.25) is 5.91 Å². The Morgan fingerprint density at radius 1 is 1.35 bits per heavy atom. The second-order valence-corrected chi connectivity index (χ2v) is 5.69. The molecule has 1 aromatic carbocycles. The van der Waals surface area contributed by atoms with Gasteiger partial charge in [0.15, 0.2) is 9.84 Å². The maximum atomic E-state index is 11.4. The van der Waals surface area contributed by atoms with Gasteiger partial charge in [-0.3, -0.25) is 4.79 Å². The summed E-state index contributed by atoms with van der Waals surface area (Å²) >= 11 is 0. The van der Waals surface area contributed by atoms with Crippen LogP contribution in [0.25, 0.3) is 0 Å². The Bertz CT molecular complexity index is 503. The summed E-state index contributed by atoms with van der Waals surface area (Å²) in [6.45, 7) is 3.53. The summed E-state index contributed by atoms with van der Waals surface area (Å²) in [5, 5.41) is 2.67.